The van der Waals surface area contributed by atoms with Crippen molar-refractivity contribution in [2.75, 3.05) is 20.1 Å². The first-order valence-electron chi connectivity index (χ1n) is 6.83. The fourth-order valence-corrected chi connectivity index (χ4v) is 2.23. The van der Waals surface area contributed by atoms with E-state index in [1.54, 1.807) is 4.90 Å². The summed E-state index contributed by atoms with van der Waals surface area (Å²) in [7, 11) is 2.02. The van der Waals surface area contributed by atoms with Gasteiger partial charge >= 0.3 is 12.0 Å². The molecule has 1 aliphatic rings. The Labute approximate surface area is 118 Å². The standard InChI is InChI=1S/C13H23N3O4/c1-9-7-16(8-10(2)15(9)3)13(20)14-11(17)5-4-6-12(18)19/h9-10H,4-8H2,1-3H3,(H,18,19)(H,14,17,20). The third-order valence-electron chi connectivity index (χ3n) is 3.69. The Kier molecular flexibility index (Phi) is 5.94. The Balaban J connectivity index is 2.38. The minimum atomic E-state index is -0.939. The third kappa shape index (κ3) is 4.80. The number of amides is 3. The molecule has 0 aromatic rings. The number of hydrogen-bond acceptors (Lipinski definition) is 4. The van der Waals surface area contributed by atoms with E-state index in [0.29, 0.717) is 13.1 Å². The number of hydrogen-bond donors (Lipinski definition) is 2. The molecule has 2 N–H and O–H groups in total. The number of likely N-dealkylation sites (N-methyl/N-ethyl adjacent to an activating group) is 1. The van der Waals surface area contributed by atoms with Crippen molar-refractivity contribution in [1.29, 1.82) is 0 Å². The van der Waals surface area contributed by atoms with Crippen molar-refractivity contribution in [2.24, 2.45) is 0 Å². The van der Waals surface area contributed by atoms with Gasteiger partial charge in [-0.25, -0.2) is 4.79 Å². The van der Waals surface area contributed by atoms with Crippen LogP contribution in [0.2, 0.25) is 0 Å². The molecule has 0 spiro atoms. The predicted octanol–water partition coefficient (Wildman–Crippen LogP) is 0.502. The number of nitrogens with one attached hydrogen (secondary N) is 1. The average molecular weight is 285 g/mol. The normalized spacial score (nSPS) is 23.4. The first-order valence-corrected chi connectivity index (χ1v) is 6.83. The van der Waals surface area contributed by atoms with E-state index in [1.807, 2.05) is 20.9 Å². The maximum atomic E-state index is 12.0. The highest BCUT2D eigenvalue weighted by Gasteiger charge is 2.29. The molecule has 0 radical (unpaired) electrons. The van der Waals surface area contributed by atoms with Gasteiger partial charge in [0.1, 0.15) is 0 Å². The number of piperazine rings is 1. The van der Waals surface area contributed by atoms with Gasteiger partial charge in [0.05, 0.1) is 0 Å². The monoisotopic (exact) mass is 285 g/mol. The molecule has 0 aliphatic carbocycles. The van der Waals surface area contributed by atoms with E-state index in [9.17, 15) is 14.4 Å². The molecule has 0 aromatic heterocycles. The summed E-state index contributed by atoms with van der Waals surface area (Å²) in [6, 6.07) is 0.0929. The van der Waals surface area contributed by atoms with Crippen LogP contribution in [-0.2, 0) is 9.59 Å². The lowest BCUT2D eigenvalue weighted by Crippen LogP contribution is -2.58. The summed E-state index contributed by atoms with van der Waals surface area (Å²) in [5, 5.41) is 10.8. The highest BCUT2D eigenvalue weighted by molar-refractivity contribution is 5.94. The van der Waals surface area contributed by atoms with E-state index in [1.165, 1.54) is 0 Å². The number of imide groups is 1. The molecule has 1 saturated heterocycles. The summed E-state index contributed by atoms with van der Waals surface area (Å²) < 4.78 is 0. The maximum Gasteiger partial charge on any atom is 0.324 e. The van der Waals surface area contributed by atoms with Crippen molar-refractivity contribution >= 4 is 17.9 Å². The maximum absolute atomic E-state index is 12.0. The summed E-state index contributed by atoms with van der Waals surface area (Å²) in [5.41, 5.74) is 0. The van der Waals surface area contributed by atoms with E-state index < -0.39 is 17.9 Å². The van der Waals surface area contributed by atoms with E-state index in [4.69, 9.17) is 5.11 Å². The third-order valence-corrected chi connectivity index (χ3v) is 3.69. The molecule has 1 fully saturated rings. The van der Waals surface area contributed by atoms with Crippen LogP contribution in [0.25, 0.3) is 0 Å². The van der Waals surface area contributed by atoms with Gasteiger partial charge in [0.2, 0.25) is 5.91 Å². The van der Waals surface area contributed by atoms with Crippen LogP contribution in [-0.4, -0.2) is 65.0 Å². The van der Waals surface area contributed by atoms with E-state index in [2.05, 4.69) is 10.2 Å². The molecule has 1 rings (SSSR count). The summed E-state index contributed by atoms with van der Waals surface area (Å²) in [5.74, 6) is -1.36. The molecule has 7 nitrogen and oxygen atoms in total. The second-order valence-corrected chi connectivity index (χ2v) is 5.37. The lowest BCUT2D eigenvalue weighted by Gasteiger charge is -2.42. The van der Waals surface area contributed by atoms with Gasteiger partial charge < -0.3 is 10.0 Å². The van der Waals surface area contributed by atoms with Crippen LogP contribution in [0.15, 0.2) is 0 Å². The number of carbonyl (C=O) groups excluding carboxylic acids is 2. The molecule has 3 amide bonds. The van der Waals surface area contributed by atoms with Crippen LogP contribution in [0.3, 0.4) is 0 Å². The second kappa shape index (κ2) is 7.23. The Morgan fingerprint density at radius 2 is 1.70 bits per heavy atom. The Morgan fingerprint density at radius 1 is 1.15 bits per heavy atom. The number of carboxylic acid groups (broad SMARTS) is 1. The molecule has 0 bridgehead atoms. The van der Waals surface area contributed by atoms with Crippen LogP contribution in [0.1, 0.15) is 33.1 Å². The lowest BCUT2D eigenvalue weighted by molar-refractivity contribution is -0.137. The Bertz CT molecular complexity index is 374. The van der Waals surface area contributed by atoms with Gasteiger partial charge in [0.25, 0.3) is 0 Å². The minimum absolute atomic E-state index is 0.0525. The van der Waals surface area contributed by atoms with Crippen LogP contribution in [0.4, 0.5) is 4.79 Å². The zero-order valence-electron chi connectivity index (χ0n) is 12.3. The molecule has 0 aromatic carbocycles. The molecule has 7 heteroatoms. The zero-order valence-corrected chi connectivity index (χ0v) is 12.3. The predicted molar refractivity (Wildman–Crippen MR) is 73.3 cm³/mol. The van der Waals surface area contributed by atoms with Crippen LogP contribution in [0, 0.1) is 0 Å². The molecule has 1 aliphatic heterocycles. The van der Waals surface area contributed by atoms with Crippen molar-refractivity contribution in [3.05, 3.63) is 0 Å². The highest BCUT2D eigenvalue weighted by atomic mass is 16.4. The number of nitrogens with zero attached hydrogens (tertiary/aromatic N) is 2. The van der Waals surface area contributed by atoms with Gasteiger partial charge in [-0.3, -0.25) is 19.8 Å². The second-order valence-electron chi connectivity index (χ2n) is 5.37. The molecule has 114 valence electrons. The fraction of sp³-hybridized carbons (Fsp3) is 0.769. The van der Waals surface area contributed by atoms with Crippen LogP contribution >= 0.6 is 0 Å². The molecule has 1 heterocycles. The van der Waals surface area contributed by atoms with Crippen LogP contribution < -0.4 is 5.32 Å². The highest BCUT2D eigenvalue weighted by Crippen LogP contribution is 2.13. The average Bonchev–Trinajstić information content (AvgIpc) is 2.34. The Morgan fingerprint density at radius 3 is 2.20 bits per heavy atom. The fourth-order valence-electron chi connectivity index (χ4n) is 2.23. The molecule has 2 atom stereocenters. The zero-order chi connectivity index (χ0) is 15.3. The minimum Gasteiger partial charge on any atom is -0.481 e. The molecule has 0 saturated carbocycles. The Hall–Kier alpha value is -1.63. The summed E-state index contributed by atoms with van der Waals surface area (Å²) >= 11 is 0. The van der Waals surface area contributed by atoms with Gasteiger partial charge in [-0.15, -0.1) is 0 Å². The van der Waals surface area contributed by atoms with Gasteiger partial charge in [-0.2, -0.15) is 0 Å². The quantitative estimate of drug-likeness (QED) is 0.785. The van der Waals surface area contributed by atoms with E-state index in [-0.39, 0.29) is 31.3 Å². The topological polar surface area (TPSA) is 90.0 Å². The number of urea groups is 1. The van der Waals surface area contributed by atoms with Gasteiger partial charge in [0, 0.05) is 38.0 Å². The number of carbonyl (C=O) groups is 3. The summed E-state index contributed by atoms with van der Waals surface area (Å²) in [6.45, 7) is 5.22. The van der Waals surface area contributed by atoms with Crippen molar-refractivity contribution in [3.63, 3.8) is 0 Å². The number of carboxylic acids is 1. The lowest BCUT2D eigenvalue weighted by atomic mass is 10.1. The number of rotatable bonds is 4. The van der Waals surface area contributed by atoms with Crippen molar-refractivity contribution < 1.29 is 19.5 Å². The van der Waals surface area contributed by atoms with Crippen LogP contribution in [0.5, 0.6) is 0 Å². The summed E-state index contributed by atoms with van der Waals surface area (Å²) in [4.78, 5) is 37.7. The smallest absolute Gasteiger partial charge is 0.324 e. The van der Waals surface area contributed by atoms with Gasteiger partial charge in [-0.1, -0.05) is 0 Å². The SMILES string of the molecule is CC1CN(C(=O)NC(=O)CCCC(=O)O)CC(C)N1C. The molecular weight excluding hydrogens is 262 g/mol. The van der Waals surface area contributed by atoms with E-state index >= 15 is 0 Å². The molecule has 20 heavy (non-hydrogen) atoms. The first-order chi connectivity index (χ1) is 9.31. The molecule has 2 unspecified atom stereocenters. The first kappa shape index (κ1) is 16.4. The molecular formula is C13H23N3O4. The largest absolute Gasteiger partial charge is 0.481 e. The van der Waals surface area contributed by atoms with E-state index in [0.717, 1.165) is 0 Å². The van der Waals surface area contributed by atoms with Gasteiger partial charge in [0.15, 0.2) is 0 Å². The van der Waals surface area contributed by atoms with Gasteiger partial charge in [-0.05, 0) is 27.3 Å². The number of aliphatic carboxylic acids is 1. The van der Waals surface area contributed by atoms with Crippen molar-refractivity contribution in [3.8, 4) is 0 Å². The summed E-state index contributed by atoms with van der Waals surface area (Å²) in [6.07, 6.45) is 0.227. The van der Waals surface area contributed by atoms with Crippen molar-refractivity contribution in [1.82, 2.24) is 15.1 Å². The van der Waals surface area contributed by atoms with Crippen molar-refractivity contribution in [2.45, 2.75) is 45.2 Å².